The van der Waals surface area contributed by atoms with Crippen molar-refractivity contribution in [3.05, 3.63) is 15.8 Å². The number of piperidine rings is 1. The largest absolute Gasteiger partial charge is 0.395 e. The monoisotopic (exact) mass is 332 g/mol. The molecule has 0 spiro atoms. The molecule has 1 aliphatic rings. The van der Waals surface area contributed by atoms with Crippen molar-refractivity contribution >= 4 is 21.4 Å². The Kier molecular flexibility index (Phi) is 5.79. The van der Waals surface area contributed by atoms with Crippen molar-refractivity contribution in [1.82, 2.24) is 9.62 Å². The van der Waals surface area contributed by atoms with Crippen LogP contribution in [0.3, 0.4) is 0 Å². The van der Waals surface area contributed by atoms with Gasteiger partial charge >= 0.3 is 0 Å². The van der Waals surface area contributed by atoms with E-state index in [1.807, 2.05) is 13.8 Å². The molecule has 2 N–H and O–H groups in total. The second kappa shape index (κ2) is 7.19. The lowest BCUT2D eigenvalue weighted by Gasteiger charge is -2.34. The van der Waals surface area contributed by atoms with Crippen LogP contribution in [0.4, 0.5) is 0 Å². The van der Waals surface area contributed by atoms with Gasteiger partial charge in [-0.15, -0.1) is 11.3 Å². The first-order valence-electron chi connectivity index (χ1n) is 7.35. The van der Waals surface area contributed by atoms with Crippen LogP contribution in [0.5, 0.6) is 0 Å². The Morgan fingerprint density at radius 1 is 1.43 bits per heavy atom. The average Bonchev–Trinajstić information content (AvgIpc) is 2.79. The minimum atomic E-state index is -3.42. The van der Waals surface area contributed by atoms with Crippen molar-refractivity contribution < 1.29 is 13.5 Å². The maximum atomic E-state index is 12.3. The molecule has 0 unspecified atom stereocenters. The normalized spacial score (nSPS) is 20.8. The summed E-state index contributed by atoms with van der Waals surface area (Å²) < 4.78 is 27.3. The smallest absolute Gasteiger partial charge is 0.241 e. The number of rotatable bonds is 6. The van der Waals surface area contributed by atoms with E-state index < -0.39 is 10.0 Å². The Bertz CT molecular complexity index is 569. The standard InChI is InChI=1S/C14H24N2O3S2/c1-11-9-14(12(2)20-11)21(18,19)15-6-8-16-7-4-3-5-13(16)10-17/h9,13,15,17H,3-8,10H2,1-2H3/t13-/m0/s1. The van der Waals surface area contributed by atoms with Gasteiger partial charge in [-0.2, -0.15) is 0 Å². The van der Waals surface area contributed by atoms with Crippen LogP contribution in [-0.4, -0.2) is 50.7 Å². The van der Waals surface area contributed by atoms with E-state index in [9.17, 15) is 13.5 Å². The van der Waals surface area contributed by atoms with E-state index in [1.165, 1.54) is 11.3 Å². The molecule has 1 fully saturated rings. The molecule has 2 rings (SSSR count). The van der Waals surface area contributed by atoms with Gasteiger partial charge in [-0.05, 0) is 39.3 Å². The van der Waals surface area contributed by atoms with Crippen LogP contribution < -0.4 is 4.72 Å². The number of hydrogen-bond acceptors (Lipinski definition) is 5. The molecule has 0 aromatic carbocycles. The van der Waals surface area contributed by atoms with Gasteiger partial charge in [0, 0.05) is 28.9 Å². The highest BCUT2D eigenvalue weighted by atomic mass is 32.2. The van der Waals surface area contributed by atoms with Gasteiger partial charge in [0.15, 0.2) is 0 Å². The lowest BCUT2D eigenvalue weighted by molar-refractivity contribution is 0.0923. The summed E-state index contributed by atoms with van der Waals surface area (Å²) in [5, 5.41) is 9.36. The van der Waals surface area contributed by atoms with Gasteiger partial charge in [0.1, 0.15) is 0 Å². The Balaban J connectivity index is 1.91. The molecular formula is C14H24N2O3S2. The molecule has 0 radical (unpaired) electrons. The number of thiophene rings is 1. The lowest BCUT2D eigenvalue weighted by atomic mass is 10.0. The number of aliphatic hydroxyl groups excluding tert-OH is 1. The third kappa shape index (κ3) is 4.26. The fraction of sp³-hybridized carbons (Fsp3) is 0.714. The molecule has 120 valence electrons. The summed E-state index contributed by atoms with van der Waals surface area (Å²) >= 11 is 1.50. The molecule has 0 aliphatic carbocycles. The van der Waals surface area contributed by atoms with E-state index >= 15 is 0 Å². The Morgan fingerprint density at radius 3 is 2.81 bits per heavy atom. The highest BCUT2D eigenvalue weighted by molar-refractivity contribution is 7.89. The van der Waals surface area contributed by atoms with Crippen molar-refractivity contribution in [3.63, 3.8) is 0 Å². The molecule has 5 nitrogen and oxygen atoms in total. The number of aryl methyl sites for hydroxylation is 2. The third-order valence-corrected chi connectivity index (χ3v) is 6.62. The minimum absolute atomic E-state index is 0.148. The van der Waals surface area contributed by atoms with Gasteiger partial charge in [0.2, 0.25) is 10.0 Å². The van der Waals surface area contributed by atoms with Gasteiger partial charge in [-0.3, -0.25) is 4.90 Å². The number of hydrogen-bond donors (Lipinski definition) is 2. The molecule has 2 heterocycles. The van der Waals surface area contributed by atoms with Gasteiger partial charge in [-0.1, -0.05) is 6.42 Å². The quantitative estimate of drug-likeness (QED) is 0.828. The Morgan fingerprint density at radius 2 is 2.19 bits per heavy atom. The van der Waals surface area contributed by atoms with Crippen molar-refractivity contribution in [2.24, 2.45) is 0 Å². The van der Waals surface area contributed by atoms with Crippen LogP contribution >= 0.6 is 11.3 Å². The number of sulfonamides is 1. The number of likely N-dealkylation sites (tertiary alicyclic amines) is 1. The van der Waals surface area contributed by atoms with Crippen LogP contribution in [0.2, 0.25) is 0 Å². The molecule has 21 heavy (non-hydrogen) atoms. The van der Waals surface area contributed by atoms with Gasteiger partial charge in [0.05, 0.1) is 11.5 Å². The van der Waals surface area contributed by atoms with Crippen LogP contribution in [0.15, 0.2) is 11.0 Å². The maximum Gasteiger partial charge on any atom is 0.241 e. The predicted molar refractivity (Wildman–Crippen MR) is 85.3 cm³/mol. The third-order valence-electron chi connectivity index (χ3n) is 3.94. The van der Waals surface area contributed by atoms with Gasteiger partial charge in [0.25, 0.3) is 0 Å². The molecule has 1 aromatic rings. The zero-order valence-electron chi connectivity index (χ0n) is 12.6. The highest BCUT2D eigenvalue weighted by Gasteiger charge is 2.23. The summed E-state index contributed by atoms with van der Waals surface area (Å²) in [5.41, 5.74) is 0. The second-order valence-electron chi connectivity index (χ2n) is 5.54. The Hall–Kier alpha value is -0.470. The van der Waals surface area contributed by atoms with Crippen molar-refractivity contribution in [2.45, 2.75) is 44.0 Å². The average molecular weight is 332 g/mol. The number of nitrogens with zero attached hydrogens (tertiary/aromatic N) is 1. The van der Waals surface area contributed by atoms with Crippen LogP contribution in [0.1, 0.15) is 29.0 Å². The van der Waals surface area contributed by atoms with E-state index in [1.54, 1.807) is 6.07 Å². The summed E-state index contributed by atoms with van der Waals surface area (Å²) in [4.78, 5) is 4.40. The van der Waals surface area contributed by atoms with Crippen LogP contribution in [-0.2, 0) is 10.0 Å². The van der Waals surface area contributed by atoms with Gasteiger partial charge in [-0.25, -0.2) is 13.1 Å². The van der Waals surface area contributed by atoms with Crippen LogP contribution in [0.25, 0.3) is 0 Å². The lowest BCUT2D eigenvalue weighted by Crippen LogP contribution is -2.45. The number of aliphatic hydroxyl groups is 1. The summed E-state index contributed by atoms with van der Waals surface area (Å²) in [6.07, 6.45) is 3.25. The molecule has 1 atom stereocenters. The topological polar surface area (TPSA) is 69.6 Å². The molecule has 1 aromatic heterocycles. The second-order valence-corrected chi connectivity index (χ2v) is 8.74. The first kappa shape index (κ1) is 16.9. The molecule has 7 heteroatoms. The summed E-state index contributed by atoms with van der Waals surface area (Å²) in [6.45, 7) is 5.85. The maximum absolute atomic E-state index is 12.3. The van der Waals surface area contributed by atoms with E-state index in [2.05, 4.69) is 9.62 Å². The predicted octanol–water partition coefficient (Wildman–Crippen LogP) is 1.49. The highest BCUT2D eigenvalue weighted by Crippen LogP contribution is 2.24. The van der Waals surface area contributed by atoms with Crippen molar-refractivity contribution in [2.75, 3.05) is 26.2 Å². The first-order chi connectivity index (χ1) is 9.94. The molecule has 1 saturated heterocycles. The fourth-order valence-corrected chi connectivity index (χ4v) is 5.41. The van der Waals surface area contributed by atoms with Gasteiger partial charge < -0.3 is 5.11 Å². The summed E-state index contributed by atoms with van der Waals surface area (Å²) in [6, 6.07) is 1.90. The molecule has 0 saturated carbocycles. The van der Waals surface area contributed by atoms with E-state index in [4.69, 9.17) is 0 Å². The van der Waals surface area contributed by atoms with E-state index in [0.29, 0.717) is 18.0 Å². The molecular weight excluding hydrogens is 308 g/mol. The zero-order chi connectivity index (χ0) is 15.5. The van der Waals surface area contributed by atoms with Crippen molar-refractivity contribution in [1.29, 1.82) is 0 Å². The molecule has 0 bridgehead atoms. The fourth-order valence-electron chi connectivity index (χ4n) is 2.84. The van der Waals surface area contributed by atoms with E-state index in [0.717, 1.165) is 35.6 Å². The molecule has 0 amide bonds. The first-order valence-corrected chi connectivity index (χ1v) is 9.65. The van der Waals surface area contributed by atoms with Crippen molar-refractivity contribution in [3.8, 4) is 0 Å². The minimum Gasteiger partial charge on any atom is -0.395 e. The molecule has 1 aliphatic heterocycles. The Labute approximate surface area is 131 Å². The summed E-state index contributed by atoms with van der Waals surface area (Å²) in [5.74, 6) is 0. The zero-order valence-corrected chi connectivity index (χ0v) is 14.3. The van der Waals surface area contributed by atoms with E-state index in [-0.39, 0.29) is 12.6 Å². The summed E-state index contributed by atoms with van der Waals surface area (Å²) in [7, 11) is -3.42. The SMILES string of the molecule is Cc1cc(S(=O)(=O)NCCN2CCCC[C@H]2CO)c(C)s1. The van der Waals surface area contributed by atoms with Crippen LogP contribution in [0, 0.1) is 13.8 Å². The number of nitrogens with one attached hydrogen (secondary N) is 1.